The Bertz CT molecular complexity index is 533. The van der Waals surface area contributed by atoms with E-state index in [2.05, 4.69) is 15.5 Å². The SMILES string of the molecule is Cc1noc(CCN2CC(=O)NC3(CCCC3)C2=O)n1. The number of nitrogens with zero attached hydrogens (tertiary/aromatic N) is 3. The van der Waals surface area contributed by atoms with Crippen molar-refractivity contribution in [3.8, 4) is 0 Å². The quantitative estimate of drug-likeness (QED) is 0.852. The van der Waals surface area contributed by atoms with Gasteiger partial charge in [0.2, 0.25) is 17.7 Å². The Morgan fingerprint density at radius 2 is 2.10 bits per heavy atom. The zero-order valence-electron chi connectivity index (χ0n) is 11.5. The molecule has 0 atom stereocenters. The molecule has 1 spiro atoms. The van der Waals surface area contributed by atoms with Crippen LogP contribution in [0.25, 0.3) is 0 Å². The second kappa shape index (κ2) is 4.88. The van der Waals surface area contributed by atoms with E-state index in [0.29, 0.717) is 24.7 Å². The molecule has 0 unspecified atom stereocenters. The Kier molecular flexibility index (Phi) is 3.19. The van der Waals surface area contributed by atoms with E-state index >= 15 is 0 Å². The normalized spacial score (nSPS) is 21.6. The van der Waals surface area contributed by atoms with Crippen molar-refractivity contribution in [2.24, 2.45) is 0 Å². The van der Waals surface area contributed by atoms with E-state index in [9.17, 15) is 9.59 Å². The lowest BCUT2D eigenvalue weighted by molar-refractivity contribution is -0.149. The molecule has 1 N–H and O–H groups in total. The number of piperazine rings is 1. The molecule has 1 aromatic rings. The van der Waals surface area contributed by atoms with E-state index in [-0.39, 0.29) is 18.4 Å². The highest BCUT2D eigenvalue weighted by molar-refractivity contribution is 5.98. The number of carbonyl (C=O) groups excluding carboxylic acids is 2. The standard InChI is InChI=1S/C13H18N4O3/c1-9-14-11(20-16-9)4-7-17-8-10(18)15-13(12(17)19)5-2-3-6-13/h2-8H2,1H3,(H,15,18). The first kappa shape index (κ1) is 13.1. The van der Waals surface area contributed by atoms with Crippen LogP contribution in [0.1, 0.15) is 37.4 Å². The lowest BCUT2D eigenvalue weighted by atomic mass is 9.93. The molecular formula is C13H18N4O3. The van der Waals surface area contributed by atoms with E-state index in [1.807, 2.05) is 0 Å². The molecule has 20 heavy (non-hydrogen) atoms. The molecule has 1 saturated carbocycles. The summed E-state index contributed by atoms with van der Waals surface area (Å²) in [5.41, 5.74) is -0.653. The summed E-state index contributed by atoms with van der Waals surface area (Å²) >= 11 is 0. The van der Waals surface area contributed by atoms with Gasteiger partial charge in [-0.3, -0.25) is 9.59 Å². The lowest BCUT2D eigenvalue weighted by Crippen LogP contribution is -2.65. The van der Waals surface area contributed by atoms with Gasteiger partial charge in [0.1, 0.15) is 5.54 Å². The highest BCUT2D eigenvalue weighted by Gasteiger charge is 2.48. The minimum Gasteiger partial charge on any atom is -0.340 e. The van der Waals surface area contributed by atoms with Gasteiger partial charge < -0.3 is 14.7 Å². The van der Waals surface area contributed by atoms with Gasteiger partial charge in [-0.15, -0.1) is 0 Å². The summed E-state index contributed by atoms with van der Waals surface area (Å²) in [4.78, 5) is 30.1. The largest absolute Gasteiger partial charge is 0.340 e. The maximum Gasteiger partial charge on any atom is 0.248 e. The zero-order valence-corrected chi connectivity index (χ0v) is 11.5. The minimum atomic E-state index is -0.653. The van der Waals surface area contributed by atoms with Gasteiger partial charge in [0.15, 0.2) is 5.82 Å². The maximum atomic E-state index is 12.6. The van der Waals surface area contributed by atoms with Crippen LogP contribution in [-0.2, 0) is 16.0 Å². The molecular weight excluding hydrogens is 260 g/mol. The number of nitrogens with one attached hydrogen (secondary N) is 1. The Balaban J connectivity index is 1.68. The van der Waals surface area contributed by atoms with Crippen LogP contribution in [0.5, 0.6) is 0 Å². The molecule has 1 saturated heterocycles. The van der Waals surface area contributed by atoms with Crippen molar-refractivity contribution >= 4 is 11.8 Å². The number of carbonyl (C=O) groups is 2. The molecule has 3 rings (SSSR count). The number of aromatic nitrogens is 2. The van der Waals surface area contributed by atoms with Gasteiger partial charge in [0.25, 0.3) is 0 Å². The highest BCUT2D eigenvalue weighted by atomic mass is 16.5. The fourth-order valence-corrected chi connectivity index (χ4v) is 3.08. The highest BCUT2D eigenvalue weighted by Crippen LogP contribution is 2.33. The summed E-state index contributed by atoms with van der Waals surface area (Å²) in [6.45, 7) is 2.31. The minimum absolute atomic E-state index is 0.0332. The van der Waals surface area contributed by atoms with Crippen LogP contribution in [-0.4, -0.2) is 45.5 Å². The molecule has 0 aromatic carbocycles. The molecule has 0 bridgehead atoms. The van der Waals surface area contributed by atoms with E-state index in [1.54, 1.807) is 11.8 Å². The molecule has 2 aliphatic rings. The number of hydrogen-bond acceptors (Lipinski definition) is 5. The lowest BCUT2D eigenvalue weighted by Gasteiger charge is -2.39. The van der Waals surface area contributed by atoms with Gasteiger partial charge in [-0.1, -0.05) is 18.0 Å². The summed E-state index contributed by atoms with van der Waals surface area (Å²) in [5.74, 6) is 1.04. The van der Waals surface area contributed by atoms with Gasteiger partial charge in [0, 0.05) is 13.0 Å². The fourth-order valence-electron chi connectivity index (χ4n) is 3.08. The number of aryl methyl sites for hydroxylation is 1. The van der Waals surface area contributed by atoms with Crippen molar-refractivity contribution in [2.75, 3.05) is 13.1 Å². The summed E-state index contributed by atoms with van der Waals surface area (Å²) in [6.07, 6.45) is 3.95. The Hall–Kier alpha value is -1.92. The summed E-state index contributed by atoms with van der Waals surface area (Å²) < 4.78 is 5.03. The third kappa shape index (κ3) is 2.28. The second-order valence-electron chi connectivity index (χ2n) is 5.55. The third-order valence-electron chi connectivity index (χ3n) is 4.03. The van der Waals surface area contributed by atoms with Gasteiger partial charge >= 0.3 is 0 Å². The van der Waals surface area contributed by atoms with E-state index in [1.165, 1.54) is 0 Å². The van der Waals surface area contributed by atoms with E-state index < -0.39 is 5.54 Å². The van der Waals surface area contributed by atoms with Crippen LogP contribution in [0.2, 0.25) is 0 Å². The third-order valence-corrected chi connectivity index (χ3v) is 4.03. The predicted octanol–water partition coefficient (Wildman–Crippen LogP) is 0.192. The van der Waals surface area contributed by atoms with Gasteiger partial charge in [-0.25, -0.2) is 0 Å². The molecule has 108 valence electrons. The average Bonchev–Trinajstić information content (AvgIpc) is 3.02. The van der Waals surface area contributed by atoms with Crippen molar-refractivity contribution < 1.29 is 14.1 Å². The van der Waals surface area contributed by atoms with Crippen LogP contribution in [0.15, 0.2) is 4.52 Å². The van der Waals surface area contributed by atoms with Crippen LogP contribution in [0.4, 0.5) is 0 Å². The summed E-state index contributed by atoms with van der Waals surface area (Å²) in [7, 11) is 0. The molecule has 1 aliphatic carbocycles. The van der Waals surface area contributed by atoms with E-state index in [4.69, 9.17) is 4.52 Å². The number of amides is 2. The Morgan fingerprint density at radius 1 is 1.35 bits per heavy atom. The first-order chi connectivity index (χ1) is 9.59. The molecule has 7 nitrogen and oxygen atoms in total. The van der Waals surface area contributed by atoms with Gasteiger partial charge in [-0.2, -0.15) is 4.98 Å². The maximum absolute atomic E-state index is 12.6. The van der Waals surface area contributed by atoms with Crippen LogP contribution in [0, 0.1) is 6.92 Å². The smallest absolute Gasteiger partial charge is 0.248 e. The second-order valence-corrected chi connectivity index (χ2v) is 5.55. The molecule has 1 aromatic heterocycles. The Morgan fingerprint density at radius 3 is 2.75 bits per heavy atom. The van der Waals surface area contributed by atoms with Gasteiger partial charge in [-0.05, 0) is 19.8 Å². The molecule has 0 radical (unpaired) electrons. The molecule has 2 fully saturated rings. The van der Waals surface area contributed by atoms with Gasteiger partial charge in [0.05, 0.1) is 6.54 Å². The van der Waals surface area contributed by atoms with Crippen molar-refractivity contribution in [1.82, 2.24) is 20.4 Å². The molecule has 2 amide bonds. The van der Waals surface area contributed by atoms with Crippen LogP contribution < -0.4 is 5.32 Å². The number of rotatable bonds is 3. The predicted molar refractivity (Wildman–Crippen MR) is 68.7 cm³/mol. The monoisotopic (exact) mass is 278 g/mol. The first-order valence-corrected chi connectivity index (χ1v) is 6.99. The number of hydrogen-bond donors (Lipinski definition) is 1. The van der Waals surface area contributed by atoms with Crippen molar-refractivity contribution in [2.45, 2.75) is 44.6 Å². The van der Waals surface area contributed by atoms with Crippen LogP contribution in [0.3, 0.4) is 0 Å². The van der Waals surface area contributed by atoms with Crippen molar-refractivity contribution in [3.63, 3.8) is 0 Å². The summed E-state index contributed by atoms with van der Waals surface area (Å²) in [6, 6.07) is 0. The fraction of sp³-hybridized carbons (Fsp3) is 0.692. The first-order valence-electron chi connectivity index (χ1n) is 6.99. The topological polar surface area (TPSA) is 88.3 Å². The molecule has 1 aliphatic heterocycles. The van der Waals surface area contributed by atoms with Crippen molar-refractivity contribution in [3.05, 3.63) is 11.7 Å². The zero-order chi connectivity index (χ0) is 14.2. The molecule has 7 heteroatoms. The summed E-state index contributed by atoms with van der Waals surface area (Å²) in [5, 5.41) is 6.61. The van der Waals surface area contributed by atoms with Crippen molar-refractivity contribution in [1.29, 1.82) is 0 Å². The van der Waals surface area contributed by atoms with Crippen LogP contribution >= 0.6 is 0 Å². The molecule has 2 heterocycles. The van der Waals surface area contributed by atoms with E-state index in [0.717, 1.165) is 25.7 Å². The average molecular weight is 278 g/mol. The Labute approximate surface area is 116 Å².